The lowest BCUT2D eigenvalue weighted by atomic mass is 10.3. The monoisotopic (exact) mass is 464 g/mol. The van der Waals surface area contributed by atoms with Crippen LogP contribution in [0.3, 0.4) is 0 Å². The summed E-state index contributed by atoms with van der Waals surface area (Å²) in [5, 5.41) is 18.4. The van der Waals surface area contributed by atoms with E-state index in [9.17, 15) is 9.59 Å². The molecule has 1 amide bonds. The first-order chi connectivity index (χ1) is 14.1. The SMILES string of the molecule is CCCCc1nn2c(=O)cc(CSc3nnc(NC(=O)c4cccs4)s3)nc2s1. The molecule has 0 aliphatic heterocycles. The molecule has 12 heteroatoms. The molecule has 4 aromatic rings. The fraction of sp³-hybridized carbons (Fsp3) is 0.294. The number of fused-ring (bicyclic) bond motifs is 1. The molecule has 0 saturated carbocycles. The predicted octanol–water partition coefficient (Wildman–Crippen LogP) is 3.95. The predicted molar refractivity (Wildman–Crippen MR) is 117 cm³/mol. The zero-order valence-electron chi connectivity index (χ0n) is 15.3. The van der Waals surface area contributed by atoms with Gasteiger partial charge in [-0.1, -0.05) is 53.8 Å². The van der Waals surface area contributed by atoms with Gasteiger partial charge < -0.3 is 0 Å². The van der Waals surface area contributed by atoms with Gasteiger partial charge in [-0.2, -0.15) is 9.61 Å². The maximum absolute atomic E-state index is 12.3. The Morgan fingerprint density at radius 3 is 3.00 bits per heavy atom. The minimum Gasteiger partial charge on any atom is -0.296 e. The first-order valence-electron chi connectivity index (χ1n) is 8.82. The Kier molecular flexibility index (Phi) is 6.33. The Labute approximate surface area is 182 Å². The van der Waals surface area contributed by atoms with E-state index in [0.717, 1.165) is 24.3 Å². The molecule has 0 aromatic carbocycles. The molecular formula is C17H16N6O2S4. The number of anilines is 1. The molecule has 0 spiro atoms. The van der Waals surface area contributed by atoms with Gasteiger partial charge in [-0.25, -0.2) is 4.98 Å². The second-order valence-electron chi connectivity index (χ2n) is 5.97. The van der Waals surface area contributed by atoms with E-state index in [4.69, 9.17) is 0 Å². The Morgan fingerprint density at radius 1 is 1.31 bits per heavy atom. The Bertz CT molecular complexity index is 1180. The summed E-state index contributed by atoms with van der Waals surface area (Å²) in [6.07, 6.45) is 2.98. The van der Waals surface area contributed by atoms with Crippen LogP contribution in [0.4, 0.5) is 5.13 Å². The molecule has 8 nitrogen and oxygen atoms in total. The molecule has 4 rings (SSSR count). The van der Waals surface area contributed by atoms with Gasteiger partial charge >= 0.3 is 0 Å². The van der Waals surface area contributed by atoms with E-state index in [-0.39, 0.29) is 11.5 Å². The lowest BCUT2D eigenvalue weighted by molar-refractivity contribution is 0.103. The third kappa shape index (κ3) is 4.89. The molecule has 0 saturated heterocycles. The summed E-state index contributed by atoms with van der Waals surface area (Å²) in [4.78, 5) is 30.2. The second-order valence-corrected chi connectivity index (χ2v) is 10.2. The average Bonchev–Trinajstić information content (AvgIpc) is 3.45. The lowest BCUT2D eigenvalue weighted by Gasteiger charge is -1.98. The molecule has 0 unspecified atom stereocenters. The number of hydrogen-bond acceptors (Lipinski definition) is 10. The van der Waals surface area contributed by atoms with E-state index in [1.165, 1.54) is 56.4 Å². The van der Waals surface area contributed by atoms with Gasteiger partial charge in [0.05, 0.1) is 10.6 Å². The second kappa shape index (κ2) is 9.11. The maximum atomic E-state index is 12.3. The van der Waals surface area contributed by atoms with Gasteiger partial charge in [0.1, 0.15) is 5.01 Å². The Balaban J connectivity index is 1.41. The van der Waals surface area contributed by atoms with Crippen molar-refractivity contribution < 1.29 is 4.79 Å². The number of carbonyl (C=O) groups excluding carboxylic acids is 1. The number of aromatic nitrogens is 5. The maximum Gasteiger partial charge on any atom is 0.275 e. The number of aryl methyl sites for hydroxylation is 1. The van der Waals surface area contributed by atoms with Crippen LogP contribution in [0, 0.1) is 0 Å². The number of rotatable bonds is 8. The van der Waals surface area contributed by atoms with Crippen LogP contribution in [-0.2, 0) is 12.2 Å². The van der Waals surface area contributed by atoms with Crippen molar-refractivity contribution in [2.24, 2.45) is 0 Å². The van der Waals surface area contributed by atoms with Gasteiger partial charge in [0.25, 0.3) is 11.5 Å². The number of thiophene rings is 1. The minimum absolute atomic E-state index is 0.175. The number of nitrogens with zero attached hydrogens (tertiary/aromatic N) is 5. The summed E-state index contributed by atoms with van der Waals surface area (Å²) in [6, 6.07) is 5.08. The van der Waals surface area contributed by atoms with Crippen molar-refractivity contribution in [3.63, 3.8) is 0 Å². The van der Waals surface area contributed by atoms with E-state index in [0.29, 0.717) is 30.8 Å². The van der Waals surface area contributed by atoms with Crippen molar-refractivity contribution >= 4 is 61.8 Å². The van der Waals surface area contributed by atoms with E-state index in [1.807, 2.05) is 11.4 Å². The number of carbonyl (C=O) groups is 1. The molecule has 0 fully saturated rings. The summed E-state index contributed by atoms with van der Waals surface area (Å²) in [7, 11) is 0. The van der Waals surface area contributed by atoms with Crippen LogP contribution in [0.5, 0.6) is 0 Å². The van der Waals surface area contributed by atoms with Crippen LogP contribution in [0.15, 0.2) is 32.7 Å². The largest absolute Gasteiger partial charge is 0.296 e. The molecule has 29 heavy (non-hydrogen) atoms. The number of nitrogens with one attached hydrogen (secondary N) is 1. The molecular weight excluding hydrogens is 448 g/mol. The smallest absolute Gasteiger partial charge is 0.275 e. The highest BCUT2D eigenvalue weighted by Crippen LogP contribution is 2.28. The van der Waals surface area contributed by atoms with Crippen molar-refractivity contribution in [1.29, 1.82) is 0 Å². The van der Waals surface area contributed by atoms with Crippen LogP contribution in [0.25, 0.3) is 4.96 Å². The highest BCUT2D eigenvalue weighted by molar-refractivity contribution is 8.00. The van der Waals surface area contributed by atoms with Crippen LogP contribution >= 0.6 is 45.8 Å². The molecule has 1 N–H and O–H groups in total. The average molecular weight is 465 g/mol. The Hall–Kier alpha value is -2.15. The molecule has 0 aliphatic carbocycles. The number of amides is 1. The van der Waals surface area contributed by atoms with Crippen molar-refractivity contribution in [1.82, 2.24) is 24.8 Å². The molecule has 4 heterocycles. The van der Waals surface area contributed by atoms with Crippen molar-refractivity contribution in [2.45, 2.75) is 36.3 Å². The van der Waals surface area contributed by atoms with Crippen LogP contribution in [-0.4, -0.2) is 30.7 Å². The van der Waals surface area contributed by atoms with Gasteiger partial charge in [0.2, 0.25) is 10.1 Å². The third-order valence-electron chi connectivity index (χ3n) is 3.80. The summed E-state index contributed by atoms with van der Waals surface area (Å²) >= 11 is 5.54. The molecule has 0 radical (unpaired) electrons. The third-order valence-corrected chi connectivity index (χ3v) is 7.64. The van der Waals surface area contributed by atoms with Crippen molar-refractivity contribution in [2.75, 3.05) is 5.32 Å². The first kappa shape index (κ1) is 20.1. The fourth-order valence-corrected chi connectivity index (χ4v) is 5.64. The van der Waals surface area contributed by atoms with E-state index in [2.05, 4.69) is 32.5 Å². The molecule has 4 aromatic heterocycles. The van der Waals surface area contributed by atoms with Gasteiger partial charge in [-0.15, -0.1) is 21.5 Å². The van der Waals surface area contributed by atoms with Gasteiger partial charge in [-0.05, 0) is 17.9 Å². The molecule has 0 aliphatic rings. The normalized spacial score (nSPS) is 11.2. The number of unbranched alkanes of at least 4 members (excludes halogenated alkanes) is 1. The highest BCUT2D eigenvalue weighted by Gasteiger charge is 2.13. The molecule has 150 valence electrons. The highest BCUT2D eigenvalue weighted by atomic mass is 32.2. The van der Waals surface area contributed by atoms with Crippen LogP contribution < -0.4 is 10.9 Å². The summed E-state index contributed by atoms with van der Waals surface area (Å²) in [6.45, 7) is 2.12. The number of hydrogen-bond donors (Lipinski definition) is 1. The summed E-state index contributed by atoms with van der Waals surface area (Å²) in [5.41, 5.74) is 0.496. The summed E-state index contributed by atoms with van der Waals surface area (Å²) < 4.78 is 2.06. The number of thioether (sulfide) groups is 1. The standard InChI is InChI=1S/C17H16N6O2S4/c1-2-3-6-12-22-23-13(24)8-10(18-16(23)28-12)9-27-17-21-20-15(29-17)19-14(25)11-5-4-7-26-11/h4-5,7-8H,2-3,6,9H2,1H3,(H,19,20,25). The Morgan fingerprint density at radius 2 is 2.21 bits per heavy atom. The van der Waals surface area contributed by atoms with Crippen molar-refractivity contribution in [3.8, 4) is 0 Å². The lowest BCUT2D eigenvalue weighted by Crippen LogP contribution is -2.15. The molecule has 0 atom stereocenters. The van der Waals surface area contributed by atoms with E-state index in [1.54, 1.807) is 6.07 Å². The molecule has 0 bridgehead atoms. The van der Waals surface area contributed by atoms with E-state index < -0.39 is 0 Å². The van der Waals surface area contributed by atoms with Crippen LogP contribution in [0.2, 0.25) is 0 Å². The van der Waals surface area contributed by atoms with Crippen molar-refractivity contribution in [3.05, 3.63) is 49.5 Å². The summed E-state index contributed by atoms with van der Waals surface area (Å²) in [5.74, 6) is 0.290. The van der Waals surface area contributed by atoms with Gasteiger partial charge in [0.15, 0.2) is 4.34 Å². The zero-order chi connectivity index (χ0) is 20.2. The first-order valence-corrected chi connectivity index (χ1v) is 12.3. The van der Waals surface area contributed by atoms with Gasteiger partial charge in [0, 0.05) is 18.2 Å². The zero-order valence-corrected chi connectivity index (χ0v) is 18.6. The van der Waals surface area contributed by atoms with Crippen LogP contribution in [0.1, 0.15) is 40.1 Å². The quantitative estimate of drug-likeness (QED) is 0.311. The topological polar surface area (TPSA) is 102 Å². The van der Waals surface area contributed by atoms with Gasteiger partial charge in [-0.3, -0.25) is 14.9 Å². The van der Waals surface area contributed by atoms with E-state index >= 15 is 0 Å². The minimum atomic E-state index is -0.197. The fourth-order valence-electron chi connectivity index (χ4n) is 2.42.